The molecule has 2 aromatic rings. The van der Waals surface area contributed by atoms with Gasteiger partial charge >= 0.3 is 0 Å². The van der Waals surface area contributed by atoms with Crippen LogP contribution in [0.2, 0.25) is 0 Å². The largest absolute Gasteiger partial charge is 0.348 e. The molecule has 11 heteroatoms. The van der Waals surface area contributed by atoms with E-state index < -0.39 is 14.9 Å². The third kappa shape index (κ3) is 4.98. The Morgan fingerprint density at radius 1 is 1.31 bits per heavy atom. The summed E-state index contributed by atoms with van der Waals surface area (Å²) in [5.74, 6) is -0.219. The van der Waals surface area contributed by atoms with Crippen LogP contribution < -0.4 is 5.32 Å². The van der Waals surface area contributed by atoms with Crippen molar-refractivity contribution < 1.29 is 18.1 Å². The SMILES string of the molecule is CCCS(=O)(=O)N1CCC(NC(=O)c2ccn(-c3cccc([N+](=O)[O-])c3)n2)CC1. The summed E-state index contributed by atoms with van der Waals surface area (Å²) in [5.41, 5.74) is 0.610. The molecule has 0 unspecified atom stereocenters. The number of nitro benzene ring substituents is 1. The second-order valence-corrected chi connectivity index (χ2v) is 8.97. The number of benzene rings is 1. The van der Waals surface area contributed by atoms with Gasteiger partial charge in [0, 0.05) is 37.5 Å². The van der Waals surface area contributed by atoms with E-state index in [9.17, 15) is 23.3 Å². The van der Waals surface area contributed by atoms with Crippen LogP contribution in [0.25, 0.3) is 5.69 Å². The highest BCUT2D eigenvalue weighted by molar-refractivity contribution is 7.89. The summed E-state index contributed by atoms with van der Waals surface area (Å²) in [4.78, 5) is 22.9. The maximum atomic E-state index is 12.5. The number of piperidine rings is 1. The minimum absolute atomic E-state index is 0.0613. The second-order valence-electron chi connectivity index (χ2n) is 6.89. The summed E-state index contributed by atoms with van der Waals surface area (Å²) < 4.78 is 27.1. The summed E-state index contributed by atoms with van der Waals surface area (Å²) >= 11 is 0. The molecule has 0 spiro atoms. The fraction of sp³-hybridized carbons (Fsp3) is 0.444. The van der Waals surface area contributed by atoms with Crippen LogP contribution in [0.1, 0.15) is 36.7 Å². The molecule has 10 nitrogen and oxygen atoms in total. The zero-order valence-electron chi connectivity index (χ0n) is 16.0. The molecule has 3 rings (SSSR count). The van der Waals surface area contributed by atoms with E-state index in [1.165, 1.54) is 27.2 Å². The number of amides is 1. The van der Waals surface area contributed by atoms with Gasteiger partial charge in [-0.1, -0.05) is 13.0 Å². The maximum absolute atomic E-state index is 12.5. The number of non-ortho nitro benzene ring substituents is 1. The van der Waals surface area contributed by atoms with Crippen LogP contribution in [0, 0.1) is 10.1 Å². The van der Waals surface area contributed by atoms with Gasteiger partial charge in [0.25, 0.3) is 11.6 Å². The molecule has 0 aliphatic carbocycles. The number of nitrogens with zero attached hydrogens (tertiary/aromatic N) is 4. The number of rotatable bonds is 7. The first kappa shape index (κ1) is 20.9. The predicted octanol–water partition coefficient (Wildman–Crippen LogP) is 1.71. The Morgan fingerprint density at radius 3 is 2.69 bits per heavy atom. The highest BCUT2D eigenvalue weighted by Crippen LogP contribution is 2.18. The minimum atomic E-state index is -3.22. The monoisotopic (exact) mass is 421 g/mol. The van der Waals surface area contributed by atoms with Gasteiger partial charge in [-0.3, -0.25) is 14.9 Å². The normalized spacial score (nSPS) is 15.9. The van der Waals surface area contributed by atoms with Crippen molar-refractivity contribution in [2.24, 2.45) is 0 Å². The van der Waals surface area contributed by atoms with Crippen molar-refractivity contribution in [1.82, 2.24) is 19.4 Å². The first-order valence-corrected chi connectivity index (χ1v) is 11.0. The molecule has 1 amide bonds. The molecule has 156 valence electrons. The van der Waals surface area contributed by atoms with Gasteiger partial charge in [0.05, 0.1) is 16.4 Å². The Kier molecular flexibility index (Phi) is 6.28. The molecule has 1 aliphatic heterocycles. The minimum Gasteiger partial charge on any atom is -0.348 e. The Hall–Kier alpha value is -2.79. The third-order valence-electron chi connectivity index (χ3n) is 4.77. The molecule has 0 atom stereocenters. The van der Waals surface area contributed by atoms with Crippen LogP contribution in [0.15, 0.2) is 36.5 Å². The Bertz CT molecular complexity index is 996. The number of carbonyl (C=O) groups is 1. The van der Waals surface area contributed by atoms with Crippen molar-refractivity contribution in [1.29, 1.82) is 0 Å². The van der Waals surface area contributed by atoms with E-state index in [-0.39, 0.29) is 29.1 Å². The van der Waals surface area contributed by atoms with E-state index in [4.69, 9.17) is 0 Å². The number of sulfonamides is 1. The summed E-state index contributed by atoms with van der Waals surface area (Å²) in [6.45, 7) is 2.60. The topological polar surface area (TPSA) is 127 Å². The smallest absolute Gasteiger partial charge is 0.272 e. The number of hydrogen-bond acceptors (Lipinski definition) is 6. The molecule has 0 radical (unpaired) electrons. The Balaban J connectivity index is 1.60. The molecular weight excluding hydrogens is 398 g/mol. The van der Waals surface area contributed by atoms with Gasteiger partial charge in [0.15, 0.2) is 5.69 Å². The summed E-state index contributed by atoms with van der Waals surface area (Å²) in [6.07, 6.45) is 3.22. The third-order valence-corrected chi connectivity index (χ3v) is 6.85. The lowest BCUT2D eigenvalue weighted by atomic mass is 10.1. The molecule has 1 aliphatic rings. The molecule has 0 saturated carbocycles. The number of nitrogens with one attached hydrogen (secondary N) is 1. The van der Waals surface area contributed by atoms with E-state index >= 15 is 0 Å². The molecule has 0 bridgehead atoms. The fourth-order valence-corrected chi connectivity index (χ4v) is 4.80. The lowest BCUT2D eigenvalue weighted by Crippen LogP contribution is -2.47. The van der Waals surface area contributed by atoms with Gasteiger partial charge in [-0.15, -0.1) is 0 Å². The molecule has 1 aromatic carbocycles. The highest BCUT2D eigenvalue weighted by atomic mass is 32.2. The van der Waals surface area contributed by atoms with Gasteiger partial charge < -0.3 is 5.32 Å². The van der Waals surface area contributed by atoms with Gasteiger partial charge in [-0.2, -0.15) is 5.10 Å². The van der Waals surface area contributed by atoms with E-state index in [0.717, 1.165) is 0 Å². The first-order chi connectivity index (χ1) is 13.8. The number of hydrogen-bond donors (Lipinski definition) is 1. The standard InChI is InChI=1S/C18H23N5O5S/c1-2-12-29(27,28)21-9-6-14(7-10-21)19-18(24)17-8-11-22(20-17)15-4-3-5-16(13-15)23(25)26/h3-5,8,11,13-14H,2,6-7,9-10,12H2,1H3,(H,19,24). The average Bonchev–Trinajstić information content (AvgIpc) is 3.19. The van der Waals surface area contributed by atoms with Gasteiger partial charge in [-0.05, 0) is 31.4 Å². The number of nitro groups is 1. The van der Waals surface area contributed by atoms with Crippen molar-refractivity contribution in [3.05, 3.63) is 52.3 Å². The maximum Gasteiger partial charge on any atom is 0.272 e. The summed E-state index contributed by atoms with van der Waals surface area (Å²) in [6, 6.07) is 7.38. The molecule has 2 heterocycles. The zero-order chi connectivity index (χ0) is 21.0. The van der Waals surface area contributed by atoms with Crippen LogP contribution in [-0.4, -0.2) is 58.2 Å². The second kappa shape index (κ2) is 8.70. The molecule has 1 saturated heterocycles. The molecule has 1 aromatic heterocycles. The quantitative estimate of drug-likeness (QED) is 0.535. The van der Waals surface area contributed by atoms with Gasteiger partial charge in [0.1, 0.15) is 0 Å². The Labute approximate surface area is 168 Å². The van der Waals surface area contributed by atoms with E-state index in [1.807, 2.05) is 6.92 Å². The fourth-order valence-electron chi connectivity index (χ4n) is 3.26. The van der Waals surface area contributed by atoms with Crippen molar-refractivity contribution in [2.45, 2.75) is 32.2 Å². The van der Waals surface area contributed by atoms with Crippen LogP contribution in [-0.2, 0) is 10.0 Å². The van der Waals surface area contributed by atoms with E-state index in [2.05, 4.69) is 10.4 Å². The first-order valence-electron chi connectivity index (χ1n) is 9.39. The van der Waals surface area contributed by atoms with Crippen molar-refractivity contribution in [3.63, 3.8) is 0 Å². The van der Waals surface area contributed by atoms with Crippen LogP contribution >= 0.6 is 0 Å². The Morgan fingerprint density at radius 2 is 2.03 bits per heavy atom. The number of carbonyl (C=O) groups excluding carboxylic acids is 1. The predicted molar refractivity (Wildman–Crippen MR) is 106 cm³/mol. The van der Waals surface area contributed by atoms with Crippen molar-refractivity contribution in [2.75, 3.05) is 18.8 Å². The molecule has 1 fully saturated rings. The number of aromatic nitrogens is 2. The lowest BCUT2D eigenvalue weighted by Gasteiger charge is -2.31. The molecule has 29 heavy (non-hydrogen) atoms. The molecule has 1 N–H and O–H groups in total. The zero-order valence-corrected chi connectivity index (χ0v) is 16.8. The van der Waals surface area contributed by atoms with Gasteiger partial charge in [-0.25, -0.2) is 17.4 Å². The summed E-state index contributed by atoms with van der Waals surface area (Å²) in [7, 11) is -3.22. The lowest BCUT2D eigenvalue weighted by molar-refractivity contribution is -0.384. The van der Waals surface area contributed by atoms with E-state index in [1.54, 1.807) is 18.3 Å². The summed E-state index contributed by atoms with van der Waals surface area (Å²) in [5, 5.41) is 18.0. The van der Waals surface area contributed by atoms with E-state index in [0.29, 0.717) is 38.0 Å². The average molecular weight is 421 g/mol. The highest BCUT2D eigenvalue weighted by Gasteiger charge is 2.28. The van der Waals surface area contributed by atoms with Crippen molar-refractivity contribution in [3.8, 4) is 5.69 Å². The van der Waals surface area contributed by atoms with Crippen LogP contribution in [0.4, 0.5) is 5.69 Å². The molecular formula is C18H23N5O5S. The van der Waals surface area contributed by atoms with Crippen molar-refractivity contribution >= 4 is 21.6 Å². The van der Waals surface area contributed by atoms with Gasteiger partial charge in [0.2, 0.25) is 10.0 Å². The van der Waals surface area contributed by atoms with Crippen LogP contribution in [0.5, 0.6) is 0 Å². The van der Waals surface area contributed by atoms with Crippen LogP contribution in [0.3, 0.4) is 0 Å².